The van der Waals surface area contributed by atoms with Gasteiger partial charge in [0.2, 0.25) is 0 Å². The van der Waals surface area contributed by atoms with Gasteiger partial charge in [-0.2, -0.15) is 13.5 Å². The number of nitrogens with one attached hydrogen (secondary N) is 1. The van der Waals surface area contributed by atoms with E-state index in [-0.39, 0.29) is 10.6 Å². The van der Waals surface area contributed by atoms with E-state index in [4.69, 9.17) is 14.2 Å². The van der Waals surface area contributed by atoms with Crippen LogP contribution >= 0.6 is 0 Å². The fourth-order valence-electron chi connectivity index (χ4n) is 2.85. The van der Waals surface area contributed by atoms with Gasteiger partial charge in [-0.3, -0.25) is 0 Å². The number of sulfonamides is 1. The lowest BCUT2D eigenvalue weighted by Crippen LogP contribution is -2.18. The highest BCUT2D eigenvalue weighted by Gasteiger charge is 2.14. The summed E-state index contributed by atoms with van der Waals surface area (Å²) in [5, 5.41) is 3.82. The lowest BCUT2D eigenvalue weighted by atomic mass is 10.2. The van der Waals surface area contributed by atoms with Gasteiger partial charge in [0.1, 0.15) is 5.75 Å². The predicted molar refractivity (Wildman–Crippen MR) is 129 cm³/mol. The summed E-state index contributed by atoms with van der Waals surface area (Å²) < 4.78 is 41.2. The molecule has 0 aromatic heterocycles. The second kappa shape index (κ2) is 11.9. The van der Waals surface area contributed by atoms with Gasteiger partial charge in [0.25, 0.3) is 10.0 Å². The first-order chi connectivity index (χ1) is 16.4. The summed E-state index contributed by atoms with van der Waals surface area (Å²) in [5.74, 6) is 0.703. The topological polar surface area (TPSA) is 103 Å². The third-order valence-corrected chi connectivity index (χ3v) is 5.71. The summed E-state index contributed by atoms with van der Waals surface area (Å²) in [6.07, 6.45) is 2.23. The number of hydrogen-bond donors (Lipinski definition) is 1. The van der Waals surface area contributed by atoms with Gasteiger partial charge in [-0.15, -0.1) is 0 Å². The largest absolute Gasteiger partial charge is 0.494 e. The fraction of sp³-hybridized carbons (Fsp3) is 0.200. The molecular weight excluding hydrogens is 456 g/mol. The Balaban J connectivity index is 1.70. The first kappa shape index (κ1) is 24.8. The van der Waals surface area contributed by atoms with Crippen LogP contribution in [0, 0.1) is 0 Å². The van der Waals surface area contributed by atoms with Gasteiger partial charge in [0, 0.05) is 0 Å². The van der Waals surface area contributed by atoms with Crippen molar-refractivity contribution in [2.24, 2.45) is 5.10 Å². The minimum atomic E-state index is -3.77. The summed E-state index contributed by atoms with van der Waals surface area (Å²) in [5.41, 5.74) is 0.920. The number of rotatable bonds is 11. The molecular formula is C25H26N2O6S. The van der Waals surface area contributed by atoms with Crippen LogP contribution < -0.4 is 19.0 Å². The number of nitrogens with zero attached hydrogens (tertiary/aromatic N) is 1. The Kier molecular flexibility index (Phi) is 8.64. The maximum atomic E-state index is 12.6. The van der Waals surface area contributed by atoms with Crippen molar-refractivity contribution in [3.05, 3.63) is 83.9 Å². The Morgan fingerprint density at radius 2 is 1.68 bits per heavy atom. The second-order valence-electron chi connectivity index (χ2n) is 7.07. The Morgan fingerprint density at radius 1 is 0.941 bits per heavy atom. The predicted octanol–water partition coefficient (Wildman–Crippen LogP) is 4.41. The van der Waals surface area contributed by atoms with Crippen molar-refractivity contribution < 1.29 is 27.4 Å². The summed E-state index contributed by atoms with van der Waals surface area (Å²) >= 11 is 0. The number of esters is 1. The Morgan fingerprint density at radius 3 is 2.35 bits per heavy atom. The van der Waals surface area contributed by atoms with Crippen LogP contribution in [0.2, 0.25) is 0 Å². The van der Waals surface area contributed by atoms with Crippen molar-refractivity contribution in [1.29, 1.82) is 0 Å². The number of benzene rings is 3. The molecule has 0 fully saturated rings. The first-order valence-corrected chi connectivity index (χ1v) is 12.2. The summed E-state index contributed by atoms with van der Waals surface area (Å²) in [6.45, 7) is 4.76. The number of ether oxygens (including phenoxy) is 3. The molecule has 3 aromatic carbocycles. The lowest BCUT2D eigenvalue weighted by molar-refractivity contribution is 0.0728. The van der Waals surface area contributed by atoms with E-state index < -0.39 is 16.0 Å². The van der Waals surface area contributed by atoms with Crippen LogP contribution in [0.5, 0.6) is 17.2 Å². The molecule has 34 heavy (non-hydrogen) atoms. The maximum absolute atomic E-state index is 12.6. The van der Waals surface area contributed by atoms with E-state index in [2.05, 4.69) is 9.93 Å². The molecule has 0 saturated carbocycles. The SMILES string of the molecule is CCCOc1ccc(C(=O)Oc2ccc(/C=N\NS(=O)(=O)c3ccccc3)cc2OCC)cc1. The Hall–Kier alpha value is -3.85. The normalized spacial score (nSPS) is 11.2. The molecule has 0 bridgehead atoms. The molecule has 0 radical (unpaired) electrons. The zero-order chi connectivity index (χ0) is 24.4. The van der Waals surface area contributed by atoms with Crippen LogP contribution in [-0.4, -0.2) is 33.8 Å². The third kappa shape index (κ3) is 6.82. The van der Waals surface area contributed by atoms with Crippen molar-refractivity contribution in [3.8, 4) is 17.2 Å². The van der Waals surface area contributed by atoms with Crippen molar-refractivity contribution in [2.75, 3.05) is 13.2 Å². The van der Waals surface area contributed by atoms with E-state index in [0.717, 1.165) is 6.42 Å². The molecule has 0 aliphatic rings. The van der Waals surface area contributed by atoms with Gasteiger partial charge in [-0.1, -0.05) is 25.1 Å². The van der Waals surface area contributed by atoms with E-state index in [9.17, 15) is 13.2 Å². The van der Waals surface area contributed by atoms with Crippen LogP contribution in [0.25, 0.3) is 0 Å². The van der Waals surface area contributed by atoms with Crippen molar-refractivity contribution >= 4 is 22.2 Å². The molecule has 0 unspecified atom stereocenters. The zero-order valence-electron chi connectivity index (χ0n) is 18.9. The summed E-state index contributed by atoms with van der Waals surface area (Å²) in [4.78, 5) is 14.8. The van der Waals surface area contributed by atoms with Crippen LogP contribution in [0.4, 0.5) is 0 Å². The second-order valence-corrected chi connectivity index (χ2v) is 8.73. The van der Waals surface area contributed by atoms with Crippen molar-refractivity contribution in [2.45, 2.75) is 25.2 Å². The molecule has 8 nitrogen and oxygen atoms in total. The first-order valence-electron chi connectivity index (χ1n) is 10.7. The smallest absolute Gasteiger partial charge is 0.343 e. The fourth-order valence-corrected chi connectivity index (χ4v) is 3.66. The minimum absolute atomic E-state index is 0.106. The quantitative estimate of drug-likeness (QED) is 0.188. The molecule has 0 aliphatic heterocycles. The van der Waals surface area contributed by atoms with E-state index >= 15 is 0 Å². The van der Waals surface area contributed by atoms with Crippen LogP contribution in [0.3, 0.4) is 0 Å². The molecule has 0 spiro atoms. The number of carbonyl (C=O) groups excluding carboxylic acids is 1. The highest BCUT2D eigenvalue weighted by atomic mass is 32.2. The average Bonchev–Trinajstić information content (AvgIpc) is 2.85. The molecule has 9 heteroatoms. The van der Waals surface area contributed by atoms with Gasteiger partial charge in [-0.25, -0.2) is 9.63 Å². The number of carbonyl (C=O) groups is 1. The molecule has 3 rings (SSSR count). The molecule has 0 atom stereocenters. The Labute approximate surface area is 199 Å². The van der Waals surface area contributed by atoms with Crippen LogP contribution in [0.15, 0.2) is 82.8 Å². The van der Waals surface area contributed by atoms with E-state index in [0.29, 0.717) is 35.8 Å². The molecule has 0 heterocycles. The lowest BCUT2D eigenvalue weighted by Gasteiger charge is -2.12. The van der Waals surface area contributed by atoms with Crippen molar-refractivity contribution in [1.82, 2.24) is 4.83 Å². The molecule has 0 saturated heterocycles. The van der Waals surface area contributed by atoms with E-state index in [1.807, 2.05) is 6.92 Å². The Bertz CT molecular complexity index is 1230. The minimum Gasteiger partial charge on any atom is -0.494 e. The molecule has 1 N–H and O–H groups in total. The van der Waals surface area contributed by atoms with Gasteiger partial charge in [-0.05, 0) is 73.5 Å². The van der Waals surface area contributed by atoms with Gasteiger partial charge < -0.3 is 14.2 Å². The molecule has 3 aromatic rings. The molecule has 0 aliphatic carbocycles. The highest BCUT2D eigenvalue weighted by Crippen LogP contribution is 2.29. The van der Waals surface area contributed by atoms with Gasteiger partial charge in [0.15, 0.2) is 11.5 Å². The summed E-state index contributed by atoms with van der Waals surface area (Å²) in [7, 11) is -3.77. The third-order valence-electron chi connectivity index (χ3n) is 4.47. The van der Waals surface area contributed by atoms with E-state index in [1.54, 1.807) is 67.6 Å². The summed E-state index contributed by atoms with van der Waals surface area (Å²) in [6, 6.07) is 19.4. The molecule has 0 amide bonds. The molecule has 178 valence electrons. The van der Waals surface area contributed by atoms with Gasteiger partial charge in [0.05, 0.1) is 29.9 Å². The number of hydrogen-bond acceptors (Lipinski definition) is 7. The average molecular weight is 483 g/mol. The van der Waals surface area contributed by atoms with Crippen LogP contribution in [-0.2, 0) is 10.0 Å². The highest BCUT2D eigenvalue weighted by molar-refractivity contribution is 7.89. The van der Waals surface area contributed by atoms with Gasteiger partial charge >= 0.3 is 5.97 Å². The standard InChI is InChI=1S/C25H26N2O6S/c1-3-16-32-21-13-11-20(12-14-21)25(28)33-23-15-10-19(17-24(23)31-4-2)18-26-27-34(29,30)22-8-6-5-7-9-22/h5-15,17-18,27H,3-4,16H2,1-2H3/b26-18-. The van der Waals surface area contributed by atoms with E-state index in [1.165, 1.54) is 18.3 Å². The van der Waals surface area contributed by atoms with Crippen LogP contribution in [0.1, 0.15) is 36.2 Å². The zero-order valence-corrected chi connectivity index (χ0v) is 19.7. The monoisotopic (exact) mass is 482 g/mol. The maximum Gasteiger partial charge on any atom is 0.343 e. The van der Waals surface area contributed by atoms with Crippen molar-refractivity contribution in [3.63, 3.8) is 0 Å². The number of hydrazone groups is 1.